The predicted octanol–water partition coefficient (Wildman–Crippen LogP) is 1.60. The highest BCUT2D eigenvalue weighted by molar-refractivity contribution is 5.96. The Morgan fingerprint density at radius 1 is 1.17 bits per heavy atom. The van der Waals surface area contributed by atoms with Crippen molar-refractivity contribution in [3.8, 4) is 0 Å². The smallest absolute Gasteiger partial charge is 0.317 e. The van der Waals surface area contributed by atoms with Crippen LogP contribution < -0.4 is 0 Å². The minimum absolute atomic E-state index is 0.360. The number of hydrogen-bond donors (Lipinski definition) is 0. The van der Waals surface area contributed by atoms with Crippen LogP contribution in [0.3, 0.4) is 0 Å². The predicted molar refractivity (Wildman–Crippen MR) is 65.0 cm³/mol. The van der Waals surface area contributed by atoms with Crippen LogP contribution in [0.4, 0.5) is 0 Å². The molecule has 2 atom stereocenters. The third-order valence-electron chi connectivity index (χ3n) is 3.56. The minimum Gasteiger partial charge on any atom is -0.469 e. The average molecular weight is 248 g/mol. The van der Waals surface area contributed by atoms with E-state index >= 15 is 0 Å². The van der Waals surface area contributed by atoms with Crippen molar-refractivity contribution in [2.45, 2.75) is 18.8 Å². The Morgan fingerprint density at radius 2 is 1.78 bits per heavy atom. The van der Waals surface area contributed by atoms with Crippen LogP contribution in [0, 0.1) is 12.8 Å². The van der Waals surface area contributed by atoms with Crippen molar-refractivity contribution in [2.75, 3.05) is 14.2 Å². The Balaban J connectivity index is 2.37. The zero-order chi connectivity index (χ0) is 13.3. The Morgan fingerprint density at radius 3 is 2.28 bits per heavy atom. The fraction of sp³-hybridized carbons (Fsp3) is 0.429. The van der Waals surface area contributed by atoms with Crippen LogP contribution in [0.5, 0.6) is 0 Å². The minimum atomic E-state index is -0.852. The lowest BCUT2D eigenvalue weighted by Gasteiger charge is -2.15. The molecule has 1 fully saturated rings. The average Bonchev–Trinajstić information content (AvgIpc) is 3.14. The summed E-state index contributed by atoms with van der Waals surface area (Å²) in [6.07, 6.45) is 0.454. The van der Waals surface area contributed by atoms with Crippen LogP contribution in [0.2, 0.25) is 0 Å². The van der Waals surface area contributed by atoms with E-state index in [-0.39, 0.29) is 11.9 Å². The molecule has 1 aromatic carbocycles. The topological polar surface area (TPSA) is 52.6 Å². The van der Waals surface area contributed by atoms with Crippen LogP contribution in [-0.2, 0) is 24.5 Å². The molecular formula is C14H16O4. The van der Waals surface area contributed by atoms with E-state index < -0.39 is 11.3 Å². The molecule has 18 heavy (non-hydrogen) atoms. The Kier molecular flexibility index (Phi) is 3.11. The number of benzene rings is 1. The first-order valence-electron chi connectivity index (χ1n) is 5.79. The maximum Gasteiger partial charge on any atom is 0.317 e. The zero-order valence-corrected chi connectivity index (χ0v) is 10.7. The molecule has 0 radical (unpaired) electrons. The lowest BCUT2D eigenvalue weighted by atomic mass is 9.92. The van der Waals surface area contributed by atoms with E-state index in [1.165, 1.54) is 14.2 Å². The zero-order valence-electron chi connectivity index (χ0n) is 10.7. The molecule has 1 saturated carbocycles. The number of hydrogen-bond acceptors (Lipinski definition) is 4. The standard InChI is InChI=1S/C14H16O4/c1-9-4-6-10(7-5-9)14(13(16)18-3)8-11(14)12(15)17-2/h4-7,11H,8H2,1-3H3/t11-,14+/m1/s1. The van der Waals surface area contributed by atoms with Gasteiger partial charge in [-0.2, -0.15) is 0 Å². The number of ether oxygens (including phenoxy) is 2. The van der Waals surface area contributed by atoms with Crippen molar-refractivity contribution >= 4 is 11.9 Å². The van der Waals surface area contributed by atoms with Crippen LogP contribution in [0.15, 0.2) is 24.3 Å². The molecular weight excluding hydrogens is 232 g/mol. The van der Waals surface area contributed by atoms with Gasteiger partial charge in [0.1, 0.15) is 5.41 Å². The van der Waals surface area contributed by atoms with Gasteiger partial charge in [-0.15, -0.1) is 0 Å². The molecule has 0 N–H and O–H groups in total. The Bertz CT molecular complexity index is 477. The summed E-state index contributed by atoms with van der Waals surface area (Å²) in [4.78, 5) is 23.6. The Labute approximate surface area is 106 Å². The van der Waals surface area contributed by atoms with Crippen LogP contribution >= 0.6 is 0 Å². The molecule has 4 nitrogen and oxygen atoms in total. The van der Waals surface area contributed by atoms with Gasteiger partial charge >= 0.3 is 11.9 Å². The van der Waals surface area contributed by atoms with Crippen LogP contribution in [-0.4, -0.2) is 26.2 Å². The molecule has 1 aliphatic carbocycles. The highest BCUT2D eigenvalue weighted by Crippen LogP contribution is 2.55. The van der Waals surface area contributed by atoms with Gasteiger partial charge in [0.2, 0.25) is 0 Å². The third kappa shape index (κ3) is 1.78. The second-order valence-corrected chi connectivity index (χ2v) is 4.61. The van der Waals surface area contributed by atoms with Gasteiger partial charge in [-0.25, -0.2) is 0 Å². The van der Waals surface area contributed by atoms with Gasteiger partial charge in [0.05, 0.1) is 20.1 Å². The number of esters is 2. The molecule has 4 heteroatoms. The fourth-order valence-electron chi connectivity index (χ4n) is 2.39. The third-order valence-corrected chi connectivity index (χ3v) is 3.56. The van der Waals surface area contributed by atoms with Gasteiger partial charge in [-0.05, 0) is 18.9 Å². The van der Waals surface area contributed by atoms with E-state index in [4.69, 9.17) is 9.47 Å². The first kappa shape index (κ1) is 12.6. The van der Waals surface area contributed by atoms with Gasteiger partial charge < -0.3 is 9.47 Å². The number of rotatable bonds is 3. The lowest BCUT2D eigenvalue weighted by Crippen LogP contribution is -2.27. The molecule has 96 valence electrons. The molecule has 0 aliphatic heterocycles. The number of carbonyl (C=O) groups is 2. The molecule has 0 bridgehead atoms. The molecule has 0 aromatic heterocycles. The van der Waals surface area contributed by atoms with E-state index in [1.54, 1.807) is 0 Å². The summed E-state index contributed by atoms with van der Waals surface area (Å²) in [7, 11) is 2.67. The summed E-state index contributed by atoms with van der Waals surface area (Å²) in [5.41, 5.74) is 1.07. The number of carbonyl (C=O) groups excluding carboxylic acids is 2. The van der Waals surface area contributed by atoms with Crippen molar-refractivity contribution in [3.63, 3.8) is 0 Å². The first-order valence-corrected chi connectivity index (χ1v) is 5.79. The van der Waals surface area contributed by atoms with E-state index in [2.05, 4.69) is 0 Å². The van der Waals surface area contributed by atoms with Crippen molar-refractivity contribution in [3.05, 3.63) is 35.4 Å². The summed E-state index contributed by atoms with van der Waals surface area (Å²) in [5, 5.41) is 0. The normalized spacial score (nSPS) is 25.4. The molecule has 0 spiro atoms. The summed E-state index contributed by atoms with van der Waals surface area (Å²) in [6, 6.07) is 7.59. The van der Waals surface area contributed by atoms with Gasteiger partial charge in [-0.1, -0.05) is 29.8 Å². The summed E-state index contributed by atoms with van der Waals surface area (Å²) >= 11 is 0. The van der Waals surface area contributed by atoms with Gasteiger partial charge in [0.25, 0.3) is 0 Å². The lowest BCUT2D eigenvalue weighted by molar-refractivity contribution is -0.149. The van der Waals surface area contributed by atoms with Gasteiger partial charge in [0, 0.05) is 0 Å². The molecule has 2 rings (SSSR count). The SMILES string of the molecule is COC(=O)[C@H]1C[C@]1(C(=O)OC)c1ccc(C)cc1. The molecule has 1 aromatic rings. The fourth-order valence-corrected chi connectivity index (χ4v) is 2.39. The summed E-state index contributed by atoms with van der Waals surface area (Å²) in [5.74, 6) is -1.17. The largest absolute Gasteiger partial charge is 0.469 e. The second kappa shape index (κ2) is 4.44. The quantitative estimate of drug-likeness (QED) is 0.762. The van der Waals surface area contributed by atoms with E-state index in [0.29, 0.717) is 6.42 Å². The highest BCUT2D eigenvalue weighted by atomic mass is 16.5. The highest BCUT2D eigenvalue weighted by Gasteiger charge is 2.66. The van der Waals surface area contributed by atoms with Gasteiger partial charge in [0.15, 0.2) is 0 Å². The van der Waals surface area contributed by atoms with Crippen molar-refractivity contribution in [1.29, 1.82) is 0 Å². The van der Waals surface area contributed by atoms with E-state index in [9.17, 15) is 9.59 Å². The number of methoxy groups -OCH3 is 2. The molecule has 1 aliphatic rings. The first-order chi connectivity index (χ1) is 8.56. The van der Waals surface area contributed by atoms with Crippen molar-refractivity contribution < 1.29 is 19.1 Å². The summed E-state index contributed by atoms with van der Waals surface area (Å²) < 4.78 is 9.56. The Hall–Kier alpha value is -1.84. The molecule has 0 amide bonds. The monoisotopic (exact) mass is 248 g/mol. The molecule has 0 saturated heterocycles. The number of aryl methyl sites for hydroxylation is 1. The van der Waals surface area contributed by atoms with Crippen LogP contribution in [0.1, 0.15) is 17.5 Å². The van der Waals surface area contributed by atoms with Gasteiger partial charge in [-0.3, -0.25) is 9.59 Å². The summed E-state index contributed by atoms with van der Waals surface area (Å²) in [6.45, 7) is 1.97. The molecule has 0 unspecified atom stereocenters. The molecule has 0 heterocycles. The van der Waals surface area contributed by atoms with Crippen molar-refractivity contribution in [2.24, 2.45) is 5.92 Å². The van der Waals surface area contributed by atoms with Crippen molar-refractivity contribution in [1.82, 2.24) is 0 Å². The maximum absolute atomic E-state index is 12.0. The second-order valence-electron chi connectivity index (χ2n) is 4.61. The maximum atomic E-state index is 12.0. The van der Waals surface area contributed by atoms with E-state index in [0.717, 1.165) is 11.1 Å². The van der Waals surface area contributed by atoms with E-state index in [1.807, 2.05) is 31.2 Å². The van der Waals surface area contributed by atoms with Crippen LogP contribution in [0.25, 0.3) is 0 Å².